The summed E-state index contributed by atoms with van der Waals surface area (Å²) in [7, 11) is -0.625. The van der Waals surface area contributed by atoms with E-state index >= 15 is 0 Å². The third-order valence-electron chi connectivity index (χ3n) is 5.03. The van der Waals surface area contributed by atoms with E-state index in [0.29, 0.717) is 11.3 Å². The lowest BCUT2D eigenvalue weighted by atomic mass is 10.0. The number of sulfonamides is 1. The van der Waals surface area contributed by atoms with Gasteiger partial charge in [-0.15, -0.1) is 0 Å². The van der Waals surface area contributed by atoms with Crippen molar-refractivity contribution in [3.05, 3.63) is 102 Å². The molecule has 158 valence electrons. The van der Waals surface area contributed by atoms with E-state index in [1.165, 1.54) is 38.4 Å². The SMILES string of the molecule is CN(C)S(=O)(=O)c1ccc(C(=O)NC(c2ccccc2)c2cc3ccccc3o2)cc1. The summed E-state index contributed by atoms with van der Waals surface area (Å²) in [5.74, 6) is 0.288. The van der Waals surface area contributed by atoms with Gasteiger partial charge in [0, 0.05) is 25.0 Å². The predicted octanol–water partition coefficient (Wildman–Crippen LogP) is 4.20. The Kier molecular flexibility index (Phi) is 5.63. The minimum Gasteiger partial charge on any atom is -0.459 e. The number of furan rings is 1. The Morgan fingerprint density at radius 3 is 2.19 bits per heavy atom. The van der Waals surface area contributed by atoms with Gasteiger partial charge in [0.2, 0.25) is 10.0 Å². The monoisotopic (exact) mass is 434 g/mol. The maximum absolute atomic E-state index is 13.0. The van der Waals surface area contributed by atoms with Crippen LogP contribution in [0.4, 0.5) is 0 Å². The smallest absolute Gasteiger partial charge is 0.252 e. The highest BCUT2D eigenvalue weighted by molar-refractivity contribution is 7.89. The molecule has 1 aromatic heterocycles. The highest BCUT2D eigenvalue weighted by atomic mass is 32.2. The summed E-state index contributed by atoms with van der Waals surface area (Å²) in [5, 5.41) is 3.97. The summed E-state index contributed by atoms with van der Waals surface area (Å²) in [5.41, 5.74) is 1.97. The van der Waals surface area contributed by atoms with Crippen LogP contribution in [0.1, 0.15) is 27.7 Å². The highest BCUT2D eigenvalue weighted by Crippen LogP contribution is 2.28. The van der Waals surface area contributed by atoms with Crippen LogP contribution in [0, 0.1) is 0 Å². The molecule has 0 radical (unpaired) electrons. The Balaban J connectivity index is 1.65. The second-order valence-electron chi connectivity index (χ2n) is 7.32. The molecule has 7 heteroatoms. The van der Waals surface area contributed by atoms with Crippen molar-refractivity contribution in [1.82, 2.24) is 9.62 Å². The lowest BCUT2D eigenvalue weighted by Crippen LogP contribution is -2.29. The molecule has 0 aliphatic rings. The van der Waals surface area contributed by atoms with Crippen LogP contribution < -0.4 is 5.32 Å². The number of carbonyl (C=O) groups excluding carboxylic acids is 1. The summed E-state index contributed by atoms with van der Waals surface area (Å²) in [6.07, 6.45) is 0. The number of para-hydroxylation sites is 1. The van der Waals surface area contributed by atoms with Gasteiger partial charge in [0.25, 0.3) is 5.91 Å². The van der Waals surface area contributed by atoms with Crippen molar-refractivity contribution in [3.8, 4) is 0 Å². The van der Waals surface area contributed by atoms with Crippen LogP contribution in [-0.2, 0) is 10.0 Å². The lowest BCUT2D eigenvalue weighted by Gasteiger charge is -2.17. The van der Waals surface area contributed by atoms with Gasteiger partial charge in [-0.2, -0.15) is 0 Å². The second-order valence-corrected chi connectivity index (χ2v) is 9.47. The van der Waals surface area contributed by atoms with Crippen molar-refractivity contribution < 1.29 is 17.6 Å². The van der Waals surface area contributed by atoms with Gasteiger partial charge in [0.15, 0.2) is 0 Å². The average Bonchev–Trinajstić information content (AvgIpc) is 3.21. The summed E-state index contributed by atoms with van der Waals surface area (Å²) >= 11 is 0. The van der Waals surface area contributed by atoms with Crippen LogP contribution in [0.25, 0.3) is 11.0 Å². The van der Waals surface area contributed by atoms with Crippen molar-refractivity contribution in [2.45, 2.75) is 10.9 Å². The molecule has 0 aliphatic carbocycles. The van der Waals surface area contributed by atoms with E-state index in [9.17, 15) is 13.2 Å². The zero-order valence-electron chi connectivity index (χ0n) is 17.1. The zero-order chi connectivity index (χ0) is 22.0. The minimum atomic E-state index is -3.56. The fourth-order valence-corrected chi connectivity index (χ4v) is 4.21. The number of nitrogens with one attached hydrogen (secondary N) is 1. The molecule has 0 fully saturated rings. The Bertz CT molecular complexity index is 1280. The first-order chi connectivity index (χ1) is 14.9. The third-order valence-corrected chi connectivity index (χ3v) is 6.86. The number of hydrogen-bond donors (Lipinski definition) is 1. The molecule has 4 rings (SSSR count). The van der Waals surface area contributed by atoms with Gasteiger partial charge in [0.1, 0.15) is 17.4 Å². The molecular formula is C24H22N2O4S. The number of carbonyl (C=O) groups is 1. The number of hydrogen-bond acceptors (Lipinski definition) is 4. The fraction of sp³-hybridized carbons (Fsp3) is 0.125. The molecular weight excluding hydrogens is 412 g/mol. The summed E-state index contributed by atoms with van der Waals surface area (Å²) in [6.45, 7) is 0. The van der Waals surface area contributed by atoms with Gasteiger partial charge in [-0.3, -0.25) is 4.79 Å². The van der Waals surface area contributed by atoms with Crippen LogP contribution in [0.3, 0.4) is 0 Å². The first-order valence-corrected chi connectivity index (χ1v) is 11.2. The van der Waals surface area contributed by atoms with Crippen LogP contribution in [0.15, 0.2) is 94.2 Å². The maximum atomic E-state index is 13.0. The molecule has 3 aromatic carbocycles. The van der Waals surface area contributed by atoms with E-state index in [-0.39, 0.29) is 10.8 Å². The number of rotatable bonds is 6. The first-order valence-electron chi connectivity index (χ1n) is 9.73. The van der Waals surface area contributed by atoms with E-state index in [1.807, 2.05) is 60.7 Å². The molecule has 31 heavy (non-hydrogen) atoms. The topological polar surface area (TPSA) is 79.6 Å². The summed E-state index contributed by atoms with van der Waals surface area (Å²) < 4.78 is 31.7. The Hall–Kier alpha value is -3.42. The fourth-order valence-electron chi connectivity index (χ4n) is 3.31. The summed E-state index contributed by atoms with van der Waals surface area (Å²) in [4.78, 5) is 13.1. The van der Waals surface area contributed by atoms with Gasteiger partial charge in [-0.25, -0.2) is 12.7 Å². The predicted molar refractivity (Wildman–Crippen MR) is 119 cm³/mol. The number of nitrogens with zero attached hydrogens (tertiary/aromatic N) is 1. The lowest BCUT2D eigenvalue weighted by molar-refractivity contribution is 0.0939. The second kappa shape index (κ2) is 8.37. The molecule has 1 atom stereocenters. The van der Waals surface area contributed by atoms with Crippen molar-refractivity contribution in [1.29, 1.82) is 0 Å². The highest BCUT2D eigenvalue weighted by Gasteiger charge is 2.22. The van der Waals surface area contributed by atoms with Crippen LogP contribution in [-0.4, -0.2) is 32.7 Å². The Morgan fingerprint density at radius 2 is 1.55 bits per heavy atom. The quantitative estimate of drug-likeness (QED) is 0.493. The van der Waals surface area contributed by atoms with E-state index < -0.39 is 16.1 Å². The van der Waals surface area contributed by atoms with E-state index in [1.54, 1.807) is 0 Å². The third kappa shape index (κ3) is 4.23. The molecule has 0 saturated carbocycles. The van der Waals surface area contributed by atoms with Crippen LogP contribution in [0.5, 0.6) is 0 Å². The molecule has 4 aromatic rings. The molecule has 6 nitrogen and oxygen atoms in total. The number of amides is 1. The van der Waals surface area contributed by atoms with E-state index in [4.69, 9.17) is 4.42 Å². The van der Waals surface area contributed by atoms with Crippen LogP contribution >= 0.6 is 0 Å². The molecule has 1 N–H and O–H groups in total. The normalized spacial score (nSPS) is 12.7. The summed E-state index contributed by atoms with van der Waals surface area (Å²) in [6, 6.07) is 24.5. The molecule has 1 amide bonds. The van der Waals surface area contributed by atoms with Gasteiger partial charge in [0.05, 0.1) is 4.90 Å². The standard InChI is InChI=1S/C24H22N2O4S/c1-26(2)31(28,29)20-14-12-18(13-15-20)24(27)25-23(17-8-4-3-5-9-17)22-16-19-10-6-7-11-21(19)30-22/h3-16,23H,1-2H3,(H,25,27). The van der Waals surface area contributed by atoms with Crippen LogP contribution in [0.2, 0.25) is 0 Å². The van der Waals surface area contributed by atoms with Gasteiger partial charge in [-0.1, -0.05) is 48.5 Å². The maximum Gasteiger partial charge on any atom is 0.252 e. The molecule has 1 heterocycles. The van der Waals surface area contributed by atoms with E-state index in [0.717, 1.165) is 20.8 Å². The Morgan fingerprint density at radius 1 is 0.903 bits per heavy atom. The zero-order valence-corrected chi connectivity index (χ0v) is 18.0. The Labute approximate surface area is 181 Å². The van der Waals surface area contributed by atoms with Gasteiger partial charge in [-0.05, 0) is 42.0 Å². The minimum absolute atomic E-state index is 0.131. The largest absolute Gasteiger partial charge is 0.459 e. The molecule has 0 saturated heterocycles. The van der Waals surface area contributed by atoms with Gasteiger partial charge < -0.3 is 9.73 Å². The first kappa shape index (κ1) is 20.8. The molecule has 1 unspecified atom stereocenters. The number of benzene rings is 3. The van der Waals surface area contributed by atoms with Crippen molar-refractivity contribution in [3.63, 3.8) is 0 Å². The average molecular weight is 435 g/mol. The molecule has 0 aliphatic heterocycles. The van der Waals surface area contributed by atoms with Gasteiger partial charge >= 0.3 is 0 Å². The molecule has 0 spiro atoms. The van der Waals surface area contributed by atoms with Crippen molar-refractivity contribution >= 4 is 26.9 Å². The van der Waals surface area contributed by atoms with Crippen molar-refractivity contribution in [2.75, 3.05) is 14.1 Å². The van der Waals surface area contributed by atoms with E-state index in [2.05, 4.69) is 5.32 Å². The molecule has 0 bridgehead atoms. The number of fused-ring (bicyclic) bond motifs is 1. The van der Waals surface area contributed by atoms with Crippen molar-refractivity contribution in [2.24, 2.45) is 0 Å².